The van der Waals surface area contributed by atoms with Crippen molar-refractivity contribution in [1.29, 1.82) is 0 Å². The Morgan fingerprint density at radius 3 is 2.61 bits per heavy atom. The van der Waals surface area contributed by atoms with Crippen LogP contribution in [0.5, 0.6) is 0 Å². The van der Waals surface area contributed by atoms with Crippen LogP contribution in [0.3, 0.4) is 0 Å². The highest BCUT2D eigenvalue weighted by Gasteiger charge is 2.14. The number of nitrogens with zero attached hydrogens (tertiary/aromatic N) is 1. The van der Waals surface area contributed by atoms with Crippen LogP contribution in [0.25, 0.3) is 11.8 Å². The molecule has 116 valence electrons. The maximum absolute atomic E-state index is 3.75. The van der Waals surface area contributed by atoms with E-state index in [0.29, 0.717) is 0 Å². The van der Waals surface area contributed by atoms with Crippen molar-refractivity contribution in [2.45, 2.75) is 19.3 Å². The minimum Gasteiger partial charge on any atom is -0.344 e. The molecule has 0 fully saturated rings. The number of hydrogen-bond acceptors (Lipinski definition) is 1. The lowest BCUT2D eigenvalue weighted by Gasteiger charge is -2.29. The van der Waals surface area contributed by atoms with Gasteiger partial charge in [0.25, 0.3) is 0 Å². The molecule has 3 rings (SSSR count). The smallest absolute Gasteiger partial charge is 0.0408 e. The lowest BCUT2D eigenvalue weighted by molar-refractivity contribution is 0.894. The molecule has 23 heavy (non-hydrogen) atoms. The molecular weight excluding hydrogens is 278 g/mol. The summed E-state index contributed by atoms with van der Waals surface area (Å²) in [5.41, 5.74) is 2.70. The normalized spacial score (nSPS) is 13.5. The molecule has 0 N–H and O–H groups in total. The number of anilines is 1. The third-order valence-electron chi connectivity index (χ3n) is 4.20. The summed E-state index contributed by atoms with van der Waals surface area (Å²) >= 11 is 0. The molecule has 0 unspecified atom stereocenters. The maximum atomic E-state index is 3.75. The minimum atomic E-state index is 0.984. The summed E-state index contributed by atoms with van der Waals surface area (Å²) in [6, 6.07) is 19.4. The Kier molecular flexibility index (Phi) is 5.10. The predicted molar refractivity (Wildman–Crippen MR) is 101 cm³/mol. The van der Waals surface area contributed by atoms with Crippen LogP contribution >= 0.6 is 0 Å². The molecule has 0 saturated heterocycles. The molecule has 0 radical (unpaired) electrons. The number of rotatable bonds is 6. The maximum Gasteiger partial charge on any atom is 0.0408 e. The largest absolute Gasteiger partial charge is 0.344 e. The molecule has 0 heterocycles. The van der Waals surface area contributed by atoms with Crippen LogP contribution in [-0.4, -0.2) is 6.54 Å². The van der Waals surface area contributed by atoms with Crippen molar-refractivity contribution in [3.05, 3.63) is 89.8 Å². The highest BCUT2D eigenvalue weighted by atomic mass is 15.1. The number of fused-ring (bicyclic) bond motifs is 1. The van der Waals surface area contributed by atoms with Crippen LogP contribution in [0, 0.1) is 0 Å². The van der Waals surface area contributed by atoms with Crippen LogP contribution in [0.1, 0.15) is 19.3 Å². The Labute approximate surface area is 138 Å². The third kappa shape index (κ3) is 3.62. The SMILES string of the molecule is C=C/C=C\CCN(C1=c2ccccc2=CCC1)c1ccccc1. The van der Waals surface area contributed by atoms with E-state index in [-0.39, 0.29) is 0 Å². The predicted octanol–water partition coefficient (Wildman–Crippen LogP) is 4.01. The summed E-state index contributed by atoms with van der Waals surface area (Å²) < 4.78 is 0. The Morgan fingerprint density at radius 1 is 1.00 bits per heavy atom. The highest BCUT2D eigenvalue weighted by molar-refractivity contribution is 5.69. The van der Waals surface area contributed by atoms with Gasteiger partial charge in [0, 0.05) is 23.1 Å². The summed E-state index contributed by atoms with van der Waals surface area (Å²) in [7, 11) is 0. The summed E-state index contributed by atoms with van der Waals surface area (Å²) in [4.78, 5) is 2.47. The second-order valence-corrected chi connectivity index (χ2v) is 5.72. The second kappa shape index (κ2) is 7.64. The van der Waals surface area contributed by atoms with Gasteiger partial charge in [-0.2, -0.15) is 0 Å². The lowest BCUT2D eigenvalue weighted by atomic mass is 10.0. The molecule has 1 aliphatic rings. The van der Waals surface area contributed by atoms with E-state index < -0.39 is 0 Å². The van der Waals surface area contributed by atoms with Crippen molar-refractivity contribution in [1.82, 2.24) is 0 Å². The molecule has 1 nitrogen and oxygen atoms in total. The van der Waals surface area contributed by atoms with Crippen molar-refractivity contribution in [3.63, 3.8) is 0 Å². The van der Waals surface area contributed by atoms with E-state index in [1.165, 1.54) is 21.8 Å². The summed E-state index contributed by atoms with van der Waals surface area (Å²) in [5.74, 6) is 0. The van der Waals surface area contributed by atoms with E-state index in [9.17, 15) is 0 Å². The summed E-state index contributed by atoms with van der Waals surface area (Å²) in [5, 5.41) is 2.73. The van der Waals surface area contributed by atoms with E-state index in [1.54, 1.807) is 0 Å². The van der Waals surface area contributed by atoms with Gasteiger partial charge >= 0.3 is 0 Å². The zero-order valence-corrected chi connectivity index (χ0v) is 13.5. The van der Waals surface area contributed by atoms with Gasteiger partial charge in [-0.25, -0.2) is 0 Å². The Morgan fingerprint density at radius 2 is 1.78 bits per heavy atom. The minimum absolute atomic E-state index is 0.984. The molecule has 1 aliphatic carbocycles. The summed E-state index contributed by atoms with van der Waals surface area (Å²) in [6.45, 7) is 4.73. The number of para-hydroxylation sites is 1. The number of benzene rings is 2. The van der Waals surface area contributed by atoms with Crippen LogP contribution < -0.4 is 15.3 Å². The lowest BCUT2D eigenvalue weighted by Crippen LogP contribution is -2.37. The first kappa shape index (κ1) is 15.4. The average molecular weight is 301 g/mol. The van der Waals surface area contributed by atoms with Gasteiger partial charge in [0.1, 0.15) is 0 Å². The molecule has 0 amide bonds. The zero-order valence-electron chi connectivity index (χ0n) is 13.5. The van der Waals surface area contributed by atoms with Crippen molar-refractivity contribution >= 4 is 17.5 Å². The summed E-state index contributed by atoms with van der Waals surface area (Å²) in [6.07, 6.45) is 11.6. The van der Waals surface area contributed by atoms with Gasteiger partial charge in [0.15, 0.2) is 0 Å². The second-order valence-electron chi connectivity index (χ2n) is 5.72. The first-order valence-electron chi connectivity index (χ1n) is 8.29. The van der Waals surface area contributed by atoms with Gasteiger partial charge < -0.3 is 4.90 Å². The van der Waals surface area contributed by atoms with Gasteiger partial charge in [-0.05, 0) is 36.6 Å². The molecule has 0 atom stereocenters. The van der Waals surface area contributed by atoms with Crippen molar-refractivity contribution in [2.75, 3.05) is 11.4 Å². The number of allylic oxidation sites excluding steroid dienone is 2. The van der Waals surface area contributed by atoms with E-state index >= 15 is 0 Å². The van der Waals surface area contributed by atoms with Gasteiger partial charge in [0.05, 0.1) is 0 Å². The van der Waals surface area contributed by atoms with Crippen LogP contribution in [-0.2, 0) is 0 Å². The van der Waals surface area contributed by atoms with Gasteiger partial charge in [-0.1, -0.05) is 73.3 Å². The monoisotopic (exact) mass is 301 g/mol. The number of hydrogen-bond donors (Lipinski definition) is 0. The van der Waals surface area contributed by atoms with Gasteiger partial charge in [-0.3, -0.25) is 0 Å². The standard InChI is InChI=1S/C22H23N/c1-2-3-4-10-18-23(20-14-6-5-7-15-20)22-17-11-13-19-12-8-9-16-21(19)22/h2-9,12-16H,1,10-11,17-18H2/b4-3-. The quantitative estimate of drug-likeness (QED) is 0.729. The van der Waals surface area contributed by atoms with Crippen LogP contribution in [0.2, 0.25) is 0 Å². The molecule has 0 aromatic heterocycles. The van der Waals surface area contributed by atoms with E-state index in [0.717, 1.165) is 25.8 Å². The fraction of sp³-hybridized carbons (Fsp3) is 0.182. The molecule has 0 spiro atoms. The van der Waals surface area contributed by atoms with Crippen LogP contribution in [0.4, 0.5) is 5.69 Å². The van der Waals surface area contributed by atoms with Crippen LogP contribution in [0.15, 0.2) is 79.4 Å². The van der Waals surface area contributed by atoms with Crippen molar-refractivity contribution < 1.29 is 0 Å². The van der Waals surface area contributed by atoms with E-state index in [4.69, 9.17) is 0 Å². The molecule has 2 aromatic carbocycles. The average Bonchev–Trinajstić information content (AvgIpc) is 2.62. The Bertz CT molecular complexity index is 799. The molecule has 1 heteroatoms. The fourth-order valence-corrected chi connectivity index (χ4v) is 3.14. The topological polar surface area (TPSA) is 3.24 Å². The van der Waals surface area contributed by atoms with E-state index in [2.05, 4.69) is 78.2 Å². The highest BCUT2D eigenvalue weighted by Crippen LogP contribution is 2.23. The first-order chi connectivity index (χ1) is 11.4. The third-order valence-corrected chi connectivity index (χ3v) is 4.20. The molecular formula is C22H23N. The Hall–Kier alpha value is -2.54. The van der Waals surface area contributed by atoms with Gasteiger partial charge in [-0.15, -0.1) is 0 Å². The molecule has 0 bridgehead atoms. The van der Waals surface area contributed by atoms with E-state index in [1.807, 2.05) is 12.2 Å². The van der Waals surface area contributed by atoms with Gasteiger partial charge in [0.2, 0.25) is 0 Å². The zero-order chi connectivity index (χ0) is 15.9. The van der Waals surface area contributed by atoms with Crippen molar-refractivity contribution in [2.24, 2.45) is 0 Å². The molecule has 2 aromatic rings. The molecule has 0 aliphatic heterocycles. The first-order valence-corrected chi connectivity index (χ1v) is 8.29. The molecule has 0 saturated carbocycles. The van der Waals surface area contributed by atoms with Crippen molar-refractivity contribution in [3.8, 4) is 0 Å². The fourth-order valence-electron chi connectivity index (χ4n) is 3.14. The Balaban J connectivity index is 2.03.